The zero-order valence-corrected chi connectivity index (χ0v) is 12.6. The van der Waals surface area contributed by atoms with Crippen molar-refractivity contribution in [1.82, 2.24) is 0 Å². The summed E-state index contributed by atoms with van der Waals surface area (Å²) in [4.78, 5) is 0. The van der Waals surface area contributed by atoms with Crippen molar-refractivity contribution in [2.75, 3.05) is 6.61 Å². The van der Waals surface area contributed by atoms with Crippen LogP contribution in [0, 0.1) is 5.92 Å². The second kappa shape index (κ2) is 5.44. The highest BCUT2D eigenvalue weighted by Crippen LogP contribution is 2.23. The zero-order chi connectivity index (χ0) is 11.4. The van der Waals surface area contributed by atoms with Gasteiger partial charge >= 0.3 is 0 Å². The van der Waals surface area contributed by atoms with Gasteiger partial charge in [0.05, 0.1) is 0 Å². The van der Waals surface area contributed by atoms with Gasteiger partial charge in [-0.15, -0.1) is 0 Å². The number of hydrogen-bond acceptors (Lipinski definition) is 2. The normalized spacial score (nSPS) is 15.6. The van der Waals surface area contributed by atoms with Gasteiger partial charge in [0.15, 0.2) is 16.6 Å². The molecule has 0 aliphatic carbocycles. The van der Waals surface area contributed by atoms with Crippen LogP contribution in [-0.2, 0) is 4.12 Å². The van der Waals surface area contributed by atoms with E-state index in [1.807, 2.05) is 0 Å². The van der Waals surface area contributed by atoms with Gasteiger partial charge in [0.2, 0.25) is 0 Å². The first-order valence-corrected chi connectivity index (χ1v) is 12.0. The maximum absolute atomic E-state index is 8.85. The van der Waals surface area contributed by atoms with Crippen LogP contribution in [0.3, 0.4) is 0 Å². The fourth-order valence-electron chi connectivity index (χ4n) is 2.03. The summed E-state index contributed by atoms with van der Waals surface area (Å²) in [6.07, 6.45) is 0.908. The lowest BCUT2D eigenvalue weighted by molar-refractivity contribution is 0.266. The van der Waals surface area contributed by atoms with E-state index in [9.17, 15) is 0 Å². The maximum Gasteiger partial charge on any atom is 0.173 e. The molecule has 0 radical (unpaired) electrons. The fourth-order valence-corrected chi connectivity index (χ4v) is 10.9. The molecule has 0 aromatic heterocycles. The molecule has 14 heavy (non-hydrogen) atoms. The van der Waals surface area contributed by atoms with E-state index in [4.69, 9.17) is 9.22 Å². The highest BCUT2D eigenvalue weighted by atomic mass is 28.4. The molecule has 1 N–H and O–H groups in total. The van der Waals surface area contributed by atoms with Gasteiger partial charge in [-0.05, 0) is 51.1 Å². The monoisotopic (exact) mass is 234 g/mol. The fraction of sp³-hybridized carbons (Fsp3) is 1.00. The molecule has 86 valence electrons. The Morgan fingerprint density at radius 2 is 1.64 bits per heavy atom. The van der Waals surface area contributed by atoms with Crippen molar-refractivity contribution in [3.05, 3.63) is 0 Å². The zero-order valence-electron chi connectivity index (χ0n) is 10.6. The number of aliphatic hydroxyl groups is 1. The lowest BCUT2D eigenvalue weighted by atomic mass is 10.1. The highest BCUT2D eigenvalue weighted by Gasteiger charge is 2.30. The molecule has 0 amide bonds. The summed E-state index contributed by atoms with van der Waals surface area (Å²) in [5.74, 6) is 0.595. The van der Waals surface area contributed by atoms with Crippen LogP contribution in [0.15, 0.2) is 0 Å². The Kier molecular flexibility index (Phi) is 5.58. The van der Waals surface area contributed by atoms with Crippen molar-refractivity contribution >= 4 is 16.6 Å². The van der Waals surface area contributed by atoms with Gasteiger partial charge in [-0.2, -0.15) is 0 Å². The smallest absolute Gasteiger partial charge is 0.173 e. The molecule has 0 aromatic carbocycles. The van der Waals surface area contributed by atoms with Crippen molar-refractivity contribution in [2.45, 2.75) is 52.1 Å². The summed E-state index contributed by atoms with van der Waals surface area (Å²) < 4.78 is 6.24. The molecule has 1 atom stereocenters. The molecule has 0 saturated heterocycles. The SMILES string of the molecule is CC(CCO)C[Si](C)(C)O[Si](C)(C)C. The Balaban J connectivity index is 4.06. The molecular weight excluding hydrogens is 208 g/mol. The first-order chi connectivity index (χ1) is 6.16. The average Bonchev–Trinajstić information content (AvgIpc) is 1.78. The maximum atomic E-state index is 8.85. The van der Waals surface area contributed by atoms with Gasteiger partial charge in [-0.3, -0.25) is 0 Å². The topological polar surface area (TPSA) is 29.5 Å². The van der Waals surface area contributed by atoms with Crippen molar-refractivity contribution in [2.24, 2.45) is 5.92 Å². The van der Waals surface area contributed by atoms with Crippen molar-refractivity contribution in [1.29, 1.82) is 0 Å². The Bertz CT molecular complexity index is 164. The summed E-state index contributed by atoms with van der Waals surface area (Å²) >= 11 is 0. The van der Waals surface area contributed by atoms with Crippen LogP contribution in [0.5, 0.6) is 0 Å². The Hall–Kier alpha value is 0.354. The third-order valence-corrected chi connectivity index (χ3v) is 8.38. The summed E-state index contributed by atoms with van der Waals surface area (Å²) in [7, 11) is -2.87. The predicted molar refractivity (Wildman–Crippen MR) is 67.6 cm³/mol. The Morgan fingerprint density at radius 3 is 2.00 bits per heavy atom. The molecule has 0 bridgehead atoms. The van der Waals surface area contributed by atoms with Gasteiger partial charge in [-0.25, -0.2) is 0 Å². The van der Waals surface area contributed by atoms with Crippen LogP contribution in [0.1, 0.15) is 13.3 Å². The number of rotatable bonds is 6. The quantitative estimate of drug-likeness (QED) is 0.716. The first kappa shape index (κ1) is 14.4. The van der Waals surface area contributed by atoms with Gasteiger partial charge in [0.1, 0.15) is 0 Å². The lowest BCUT2D eigenvalue weighted by Crippen LogP contribution is -2.43. The Labute approximate surface area is 90.9 Å². The minimum atomic E-state index is -1.49. The van der Waals surface area contributed by atoms with Gasteiger partial charge in [-0.1, -0.05) is 6.92 Å². The largest absolute Gasteiger partial charge is 0.456 e. The molecule has 0 aromatic rings. The van der Waals surface area contributed by atoms with Crippen LogP contribution in [0.25, 0.3) is 0 Å². The van der Waals surface area contributed by atoms with Gasteiger partial charge in [0.25, 0.3) is 0 Å². The van der Waals surface area contributed by atoms with Gasteiger partial charge in [0, 0.05) is 6.61 Å². The van der Waals surface area contributed by atoms with Crippen molar-refractivity contribution in [3.8, 4) is 0 Å². The van der Waals surface area contributed by atoms with E-state index < -0.39 is 16.6 Å². The van der Waals surface area contributed by atoms with E-state index in [0.29, 0.717) is 12.5 Å². The van der Waals surface area contributed by atoms with Crippen LogP contribution < -0.4 is 0 Å². The highest BCUT2D eigenvalue weighted by molar-refractivity contribution is 6.84. The van der Waals surface area contributed by atoms with E-state index in [0.717, 1.165) is 12.5 Å². The van der Waals surface area contributed by atoms with Crippen LogP contribution in [0.2, 0.25) is 38.8 Å². The molecule has 0 aliphatic heterocycles. The second-order valence-electron chi connectivity index (χ2n) is 5.80. The van der Waals surface area contributed by atoms with E-state index in [-0.39, 0.29) is 0 Å². The summed E-state index contributed by atoms with van der Waals surface area (Å²) in [5, 5.41) is 8.85. The third kappa shape index (κ3) is 7.73. The standard InChI is InChI=1S/C10H26O2Si2/c1-10(7-8-11)9-14(5,6)12-13(2,3)4/h10-11H,7-9H2,1-6H3. The lowest BCUT2D eigenvalue weighted by Gasteiger charge is -2.33. The molecular formula is C10H26O2Si2. The van der Waals surface area contributed by atoms with Crippen LogP contribution in [0.4, 0.5) is 0 Å². The van der Waals surface area contributed by atoms with E-state index in [1.165, 1.54) is 0 Å². The molecule has 0 fully saturated rings. The molecule has 0 saturated carbocycles. The first-order valence-electron chi connectivity index (χ1n) is 5.47. The van der Waals surface area contributed by atoms with Gasteiger partial charge < -0.3 is 9.22 Å². The van der Waals surface area contributed by atoms with Crippen LogP contribution in [-0.4, -0.2) is 28.3 Å². The minimum absolute atomic E-state index is 0.304. The molecule has 4 heteroatoms. The number of aliphatic hydroxyl groups excluding tert-OH is 1. The third-order valence-electron chi connectivity index (χ3n) is 2.04. The molecule has 2 nitrogen and oxygen atoms in total. The molecule has 0 heterocycles. The Morgan fingerprint density at radius 1 is 1.14 bits per heavy atom. The van der Waals surface area contributed by atoms with Crippen molar-refractivity contribution in [3.63, 3.8) is 0 Å². The molecule has 1 unspecified atom stereocenters. The predicted octanol–water partition coefficient (Wildman–Crippen LogP) is 3.06. The van der Waals surface area contributed by atoms with Crippen LogP contribution >= 0.6 is 0 Å². The van der Waals surface area contributed by atoms with E-state index in [2.05, 4.69) is 39.7 Å². The van der Waals surface area contributed by atoms with E-state index >= 15 is 0 Å². The van der Waals surface area contributed by atoms with E-state index in [1.54, 1.807) is 0 Å². The number of hydrogen-bond donors (Lipinski definition) is 1. The summed E-state index contributed by atoms with van der Waals surface area (Å²) in [5.41, 5.74) is 0. The summed E-state index contributed by atoms with van der Waals surface area (Å²) in [6.45, 7) is 13.8. The van der Waals surface area contributed by atoms with Crippen molar-refractivity contribution < 1.29 is 9.22 Å². The summed E-state index contributed by atoms with van der Waals surface area (Å²) in [6, 6.07) is 1.16. The molecule has 0 rings (SSSR count). The second-order valence-corrected chi connectivity index (χ2v) is 14.8. The average molecular weight is 234 g/mol. The molecule has 0 aliphatic rings. The molecule has 0 spiro atoms. The minimum Gasteiger partial charge on any atom is -0.456 e.